The number of aromatic amines is 1. The van der Waals surface area contributed by atoms with Crippen molar-refractivity contribution in [2.45, 2.75) is 5.16 Å². The van der Waals surface area contributed by atoms with E-state index in [1.807, 2.05) is 0 Å². The molecule has 0 radical (unpaired) electrons. The van der Waals surface area contributed by atoms with E-state index in [0.717, 1.165) is 17.8 Å². The van der Waals surface area contributed by atoms with Crippen molar-refractivity contribution in [3.8, 4) is 23.1 Å². The highest BCUT2D eigenvalue weighted by atomic mass is 35.5. The van der Waals surface area contributed by atoms with Gasteiger partial charge in [-0.2, -0.15) is 5.26 Å². The topological polar surface area (TPSA) is 133 Å². The molecule has 8 nitrogen and oxygen atoms in total. The molecule has 0 unspecified atom stereocenters. The van der Waals surface area contributed by atoms with Gasteiger partial charge in [0.2, 0.25) is 5.75 Å². The van der Waals surface area contributed by atoms with Crippen LogP contribution in [-0.4, -0.2) is 26.3 Å². The molecule has 1 aromatic heterocycles. The van der Waals surface area contributed by atoms with Crippen molar-refractivity contribution < 1.29 is 10.0 Å². The van der Waals surface area contributed by atoms with Crippen molar-refractivity contribution in [2.75, 3.05) is 6.26 Å². The largest absolute Gasteiger partial charge is 0.502 e. The fourth-order valence-electron chi connectivity index (χ4n) is 1.75. The Morgan fingerprint density at radius 3 is 2.77 bits per heavy atom. The van der Waals surface area contributed by atoms with Crippen LogP contribution in [0.2, 0.25) is 5.02 Å². The number of H-pyrrole nitrogens is 1. The average molecular weight is 339 g/mol. The van der Waals surface area contributed by atoms with Crippen LogP contribution in [0.5, 0.6) is 5.75 Å². The third-order valence-corrected chi connectivity index (χ3v) is 3.51. The van der Waals surface area contributed by atoms with Gasteiger partial charge in [0.25, 0.3) is 5.56 Å². The molecule has 0 spiro atoms. The number of nitro benzene ring substituents is 1. The van der Waals surface area contributed by atoms with E-state index < -0.39 is 21.9 Å². The number of thioether (sulfide) groups is 1. The Bertz CT molecular complexity index is 875. The number of nitrogens with zero attached hydrogens (tertiary/aromatic N) is 3. The standard InChI is InChI=1S/C12H7ClN4O4S/c1-22-12-15-9(7(4-14)11(19)16-12)6-2-5(13)3-8(10(6)18)17(20)21/h2-3,18H,1H3,(H,15,16,19). The zero-order valence-corrected chi connectivity index (χ0v) is 12.5. The number of hydrogen-bond acceptors (Lipinski definition) is 7. The van der Waals surface area contributed by atoms with E-state index in [-0.39, 0.29) is 27.0 Å². The van der Waals surface area contributed by atoms with Crippen molar-refractivity contribution in [2.24, 2.45) is 0 Å². The van der Waals surface area contributed by atoms with Gasteiger partial charge in [0.1, 0.15) is 17.3 Å². The minimum Gasteiger partial charge on any atom is -0.502 e. The van der Waals surface area contributed by atoms with E-state index >= 15 is 0 Å². The molecule has 0 bridgehead atoms. The van der Waals surface area contributed by atoms with E-state index in [2.05, 4.69) is 9.97 Å². The van der Waals surface area contributed by atoms with Crippen LogP contribution >= 0.6 is 23.4 Å². The van der Waals surface area contributed by atoms with E-state index in [4.69, 9.17) is 16.9 Å². The highest BCUT2D eigenvalue weighted by Gasteiger charge is 2.24. The van der Waals surface area contributed by atoms with Gasteiger partial charge in [-0.3, -0.25) is 14.9 Å². The molecular weight excluding hydrogens is 332 g/mol. The molecule has 0 saturated heterocycles. The summed E-state index contributed by atoms with van der Waals surface area (Å²) in [5.74, 6) is -0.712. The zero-order chi connectivity index (χ0) is 16.4. The van der Waals surface area contributed by atoms with Gasteiger partial charge >= 0.3 is 5.69 Å². The van der Waals surface area contributed by atoms with Crippen molar-refractivity contribution in [1.29, 1.82) is 5.26 Å². The van der Waals surface area contributed by atoms with Gasteiger partial charge in [0.15, 0.2) is 5.16 Å². The lowest BCUT2D eigenvalue weighted by atomic mass is 10.1. The van der Waals surface area contributed by atoms with Gasteiger partial charge in [0, 0.05) is 11.1 Å². The molecule has 2 N–H and O–H groups in total. The highest BCUT2D eigenvalue weighted by Crippen LogP contribution is 2.39. The molecule has 1 aromatic carbocycles. The van der Waals surface area contributed by atoms with Crippen molar-refractivity contribution in [3.63, 3.8) is 0 Å². The van der Waals surface area contributed by atoms with Crippen LogP contribution in [0.1, 0.15) is 5.56 Å². The summed E-state index contributed by atoms with van der Waals surface area (Å²) in [6.07, 6.45) is 1.65. The Balaban J connectivity index is 2.88. The third kappa shape index (κ3) is 2.74. The van der Waals surface area contributed by atoms with E-state index in [0.29, 0.717) is 0 Å². The Morgan fingerprint density at radius 2 is 2.23 bits per heavy atom. The van der Waals surface area contributed by atoms with Crippen LogP contribution in [0.15, 0.2) is 22.1 Å². The quantitative estimate of drug-likeness (QED) is 0.379. The van der Waals surface area contributed by atoms with Crippen molar-refractivity contribution in [3.05, 3.63) is 43.2 Å². The first-order chi connectivity index (χ1) is 10.4. The number of nitriles is 1. The molecule has 0 aliphatic carbocycles. The zero-order valence-electron chi connectivity index (χ0n) is 11.0. The van der Waals surface area contributed by atoms with Crippen LogP contribution in [0.4, 0.5) is 5.69 Å². The van der Waals surface area contributed by atoms with Gasteiger partial charge in [-0.05, 0) is 12.3 Å². The SMILES string of the molecule is CSc1nc(-c2cc(Cl)cc([N+](=O)[O-])c2O)c(C#N)c(=O)[nH]1. The number of rotatable bonds is 3. The molecule has 2 aromatic rings. The predicted octanol–water partition coefficient (Wildman–Crippen LogP) is 2.30. The lowest BCUT2D eigenvalue weighted by Gasteiger charge is -2.08. The molecule has 0 aliphatic rings. The Hall–Kier alpha value is -2.57. The fraction of sp³-hybridized carbons (Fsp3) is 0.0833. The van der Waals surface area contributed by atoms with E-state index in [9.17, 15) is 20.0 Å². The van der Waals surface area contributed by atoms with Crippen molar-refractivity contribution in [1.82, 2.24) is 9.97 Å². The summed E-state index contributed by atoms with van der Waals surface area (Å²) in [4.78, 5) is 28.4. The summed E-state index contributed by atoms with van der Waals surface area (Å²) in [7, 11) is 0. The summed E-state index contributed by atoms with van der Waals surface area (Å²) >= 11 is 6.91. The van der Waals surface area contributed by atoms with Gasteiger partial charge in [-0.25, -0.2) is 4.98 Å². The summed E-state index contributed by atoms with van der Waals surface area (Å²) in [6, 6.07) is 3.84. The average Bonchev–Trinajstić information content (AvgIpc) is 2.48. The third-order valence-electron chi connectivity index (χ3n) is 2.71. The second-order valence-electron chi connectivity index (χ2n) is 3.99. The maximum absolute atomic E-state index is 11.9. The number of benzene rings is 1. The van der Waals surface area contributed by atoms with Gasteiger partial charge in [0.05, 0.1) is 10.5 Å². The number of phenols is 1. The highest BCUT2D eigenvalue weighted by molar-refractivity contribution is 7.98. The maximum atomic E-state index is 11.9. The molecule has 0 saturated carbocycles. The molecule has 10 heteroatoms. The fourth-order valence-corrected chi connectivity index (χ4v) is 2.34. The monoisotopic (exact) mass is 338 g/mol. The number of aromatic nitrogens is 2. The molecule has 2 rings (SSSR count). The second kappa shape index (κ2) is 6.05. The molecule has 0 atom stereocenters. The lowest BCUT2D eigenvalue weighted by Crippen LogP contribution is -2.14. The van der Waals surface area contributed by atoms with E-state index in [1.165, 1.54) is 6.07 Å². The van der Waals surface area contributed by atoms with Crippen LogP contribution in [-0.2, 0) is 0 Å². The van der Waals surface area contributed by atoms with Crippen LogP contribution < -0.4 is 5.56 Å². The molecule has 1 heterocycles. The number of halogens is 1. The first-order valence-electron chi connectivity index (χ1n) is 5.64. The molecular formula is C12H7ClN4O4S. The minimum atomic E-state index is -0.820. The molecule has 22 heavy (non-hydrogen) atoms. The van der Waals surface area contributed by atoms with E-state index in [1.54, 1.807) is 12.3 Å². The van der Waals surface area contributed by atoms with Gasteiger partial charge in [-0.1, -0.05) is 23.4 Å². The molecule has 0 aliphatic heterocycles. The van der Waals surface area contributed by atoms with Gasteiger partial charge in [-0.15, -0.1) is 0 Å². The summed E-state index contributed by atoms with van der Waals surface area (Å²) < 4.78 is 0. The smallest absolute Gasteiger partial charge is 0.312 e. The Morgan fingerprint density at radius 1 is 1.55 bits per heavy atom. The number of phenolic OH excluding ortho intramolecular Hbond substituents is 1. The molecule has 0 amide bonds. The Kier molecular flexibility index (Phi) is 4.35. The molecule has 0 fully saturated rings. The number of nitrogens with one attached hydrogen (secondary N) is 1. The minimum absolute atomic E-state index is 0.0313. The number of nitro groups is 1. The number of aromatic hydroxyl groups is 1. The first-order valence-corrected chi connectivity index (χ1v) is 7.25. The predicted molar refractivity (Wildman–Crippen MR) is 80.1 cm³/mol. The van der Waals surface area contributed by atoms with Crippen LogP contribution in [0, 0.1) is 21.4 Å². The van der Waals surface area contributed by atoms with Crippen LogP contribution in [0.25, 0.3) is 11.3 Å². The van der Waals surface area contributed by atoms with Crippen LogP contribution in [0.3, 0.4) is 0 Å². The normalized spacial score (nSPS) is 10.2. The van der Waals surface area contributed by atoms with Crippen molar-refractivity contribution >= 4 is 29.1 Å². The summed E-state index contributed by atoms with van der Waals surface area (Å²) in [5.41, 5.74) is -2.04. The second-order valence-corrected chi connectivity index (χ2v) is 5.22. The molecule has 112 valence electrons. The van der Waals surface area contributed by atoms with Gasteiger partial charge < -0.3 is 10.1 Å². The lowest BCUT2D eigenvalue weighted by molar-refractivity contribution is -0.385. The first kappa shape index (κ1) is 15.8. The Labute approximate surface area is 132 Å². The summed E-state index contributed by atoms with van der Waals surface area (Å²) in [5, 5.41) is 30.2. The summed E-state index contributed by atoms with van der Waals surface area (Å²) in [6.45, 7) is 0. The number of hydrogen-bond donors (Lipinski definition) is 2. The maximum Gasteiger partial charge on any atom is 0.312 e.